The molecule has 14 heteroatoms. The number of rotatable bonds is 6. The molecule has 3 fully saturated rings. The Bertz CT molecular complexity index is 1460. The minimum atomic E-state index is -2.22. The Labute approximate surface area is 265 Å². The standard InChI is InChI=1S/C32H42N2O12/c1-14-18(46-28(41)24(39)22(34-15(2)35)17-9-7-8-10-33-17)12-32(43)27(45-16(3)36)25-30(6,19(37)11-20-31(25,42)13-44-20)26(40)23(38)21(14)29(32,4)5/h7-10,18-20,22-25,27,37-39,42-43H,11-13H2,1-6H3,(H,34,35)/t18?,19-,20+,22-,23+,24+,25-,27-,30+,31-,32+/m0/s1. The predicted octanol–water partition coefficient (Wildman–Crippen LogP) is -0.599. The molecule has 4 aliphatic rings. The number of carbonyl (C=O) groups is 4. The molecule has 46 heavy (non-hydrogen) atoms. The molecule has 14 nitrogen and oxygen atoms in total. The van der Waals surface area contributed by atoms with Crippen LogP contribution < -0.4 is 5.32 Å². The van der Waals surface area contributed by atoms with Crippen LogP contribution in [0.25, 0.3) is 0 Å². The van der Waals surface area contributed by atoms with Crippen LogP contribution in [0.1, 0.15) is 66.1 Å². The first kappa shape index (κ1) is 34.1. The summed E-state index contributed by atoms with van der Waals surface area (Å²) in [5.41, 5.74) is -7.14. The number of aliphatic hydroxyl groups excluding tert-OH is 3. The number of carbonyl (C=O) groups excluding carboxylic acids is 4. The van der Waals surface area contributed by atoms with E-state index >= 15 is 0 Å². The molecular formula is C32H42N2O12. The van der Waals surface area contributed by atoms with E-state index in [0.717, 1.165) is 6.92 Å². The highest BCUT2D eigenvalue weighted by Gasteiger charge is 2.76. The highest BCUT2D eigenvalue weighted by atomic mass is 16.6. The van der Waals surface area contributed by atoms with Crippen molar-refractivity contribution in [2.24, 2.45) is 16.7 Å². The van der Waals surface area contributed by atoms with Gasteiger partial charge in [0.15, 0.2) is 11.9 Å². The SMILES string of the molecule is CC(=O)N[C@@H](c1ccccn1)[C@@H](O)C(=O)OC1C[C@@]2(O)[C@@H](OC(C)=O)[C@@H]3[C@]4(O)CO[C@@H]4C[C@H](O)[C@@]3(C)C(=O)[C@H](O)C(=C1C)C2(C)C. The van der Waals surface area contributed by atoms with Gasteiger partial charge in [-0.25, -0.2) is 4.79 Å². The van der Waals surface area contributed by atoms with Gasteiger partial charge in [-0.3, -0.25) is 19.4 Å². The molecule has 2 bridgehead atoms. The summed E-state index contributed by atoms with van der Waals surface area (Å²) in [4.78, 5) is 56.6. The van der Waals surface area contributed by atoms with E-state index in [1.165, 1.54) is 33.0 Å². The van der Waals surface area contributed by atoms with E-state index in [2.05, 4.69) is 10.3 Å². The fourth-order valence-electron chi connectivity index (χ4n) is 8.24. The number of aromatic nitrogens is 1. The number of ether oxygens (including phenoxy) is 3. The number of aliphatic hydroxyl groups is 5. The predicted molar refractivity (Wildman–Crippen MR) is 156 cm³/mol. The maximum absolute atomic E-state index is 14.3. The lowest BCUT2D eigenvalue weighted by Crippen LogP contribution is -2.81. The van der Waals surface area contributed by atoms with E-state index < -0.39 is 101 Å². The van der Waals surface area contributed by atoms with Crippen molar-refractivity contribution in [2.45, 2.75) is 108 Å². The number of nitrogens with zero attached hydrogens (tertiary/aromatic N) is 1. The average molecular weight is 647 g/mol. The first-order valence-electron chi connectivity index (χ1n) is 15.2. The topological polar surface area (TPSA) is 222 Å². The molecule has 2 heterocycles. The van der Waals surface area contributed by atoms with Gasteiger partial charge in [-0.05, 0) is 37.1 Å². The number of Topliss-reactive ketones (excluding diaryl/α,β-unsaturated/α-hetero) is 1. The van der Waals surface area contributed by atoms with E-state index in [1.807, 2.05) is 0 Å². The highest BCUT2D eigenvalue weighted by molar-refractivity contribution is 5.93. The smallest absolute Gasteiger partial charge is 0.338 e. The largest absolute Gasteiger partial charge is 0.459 e. The van der Waals surface area contributed by atoms with Crippen LogP contribution in [-0.2, 0) is 33.4 Å². The Morgan fingerprint density at radius 2 is 1.78 bits per heavy atom. The lowest BCUT2D eigenvalue weighted by atomic mass is 9.45. The van der Waals surface area contributed by atoms with Gasteiger partial charge in [0.25, 0.3) is 0 Å². The Balaban J connectivity index is 1.63. The number of ketones is 1. The second-order valence-electron chi connectivity index (χ2n) is 13.8. The van der Waals surface area contributed by atoms with Crippen molar-refractivity contribution in [1.82, 2.24) is 10.3 Å². The number of nitrogens with one attached hydrogen (secondary N) is 1. The van der Waals surface area contributed by atoms with Gasteiger partial charge in [-0.2, -0.15) is 0 Å². The molecule has 0 radical (unpaired) electrons. The summed E-state index contributed by atoms with van der Waals surface area (Å²) in [7, 11) is 0. The first-order chi connectivity index (χ1) is 21.3. The summed E-state index contributed by atoms with van der Waals surface area (Å²) in [5.74, 6) is -4.94. The Hall–Kier alpha value is -3.27. The van der Waals surface area contributed by atoms with Gasteiger partial charge in [0, 0.05) is 44.2 Å². The Morgan fingerprint density at radius 1 is 1.11 bits per heavy atom. The lowest BCUT2D eigenvalue weighted by Gasteiger charge is -2.66. The molecule has 1 unspecified atom stereocenters. The number of fused-ring (bicyclic) bond motifs is 5. The van der Waals surface area contributed by atoms with Crippen molar-refractivity contribution < 1.29 is 58.9 Å². The average Bonchev–Trinajstić information content (AvgIpc) is 2.98. The molecular weight excluding hydrogens is 604 g/mol. The fourth-order valence-corrected chi connectivity index (χ4v) is 8.24. The molecule has 1 aliphatic heterocycles. The van der Waals surface area contributed by atoms with Crippen LogP contribution in [0, 0.1) is 16.7 Å². The normalized spacial score (nSPS) is 39.3. The van der Waals surface area contributed by atoms with Crippen molar-refractivity contribution >= 4 is 23.6 Å². The highest BCUT2D eigenvalue weighted by Crippen LogP contribution is 2.63. The van der Waals surface area contributed by atoms with E-state index in [1.54, 1.807) is 26.0 Å². The second-order valence-corrected chi connectivity index (χ2v) is 13.8. The summed E-state index contributed by atoms with van der Waals surface area (Å²) >= 11 is 0. The van der Waals surface area contributed by atoms with Crippen LogP contribution in [0.15, 0.2) is 35.5 Å². The van der Waals surface area contributed by atoms with Crippen LogP contribution in [0.2, 0.25) is 0 Å². The molecule has 3 aliphatic carbocycles. The number of amides is 1. The van der Waals surface area contributed by atoms with Crippen molar-refractivity contribution in [3.63, 3.8) is 0 Å². The molecule has 6 N–H and O–H groups in total. The molecule has 1 amide bonds. The minimum Gasteiger partial charge on any atom is -0.459 e. The molecule has 252 valence electrons. The molecule has 0 spiro atoms. The van der Waals surface area contributed by atoms with Gasteiger partial charge in [-0.1, -0.05) is 19.9 Å². The van der Waals surface area contributed by atoms with E-state index in [-0.39, 0.29) is 29.9 Å². The van der Waals surface area contributed by atoms with Crippen molar-refractivity contribution in [3.05, 3.63) is 41.2 Å². The van der Waals surface area contributed by atoms with Crippen LogP contribution in [0.3, 0.4) is 0 Å². The zero-order valence-corrected chi connectivity index (χ0v) is 26.6. The van der Waals surface area contributed by atoms with E-state index in [4.69, 9.17) is 14.2 Å². The van der Waals surface area contributed by atoms with Crippen LogP contribution >= 0.6 is 0 Å². The quantitative estimate of drug-likeness (QED) is 0.168. The van der Waals surface area contributed by atoms with Gasteiger partial charge in [0.2, 0.25) is 5.91 Å². The summed E-state index contributed by atoms with van der Waals surface area (Å²) in [5, 5.41) is 61.4. The molecule has 1 saturated heterocycles. The van der Waals surface area contributed by atoms with E-state index in [0.29, 0.717) is 0 Å². The molecule has 11 atom stereocenters. The zero-order chi connectivity index (χ0) is 34.1. The third-order valence-electron chi connectivity index (χ3n) is 10.8. The van der Waals surface area contributed by atoms with Crippen LogP contribution in [-0.4, -0.2) is 109 Å². The fraction of sp³-hybridized carbons (Fsp3) is 0.656. The molecule has 2 saturated carbocycles. The first-order valence-corrected chi connectivity index (χ1v) is 15.2. The van der Waals surface area contributed by atoms with Gasteiger partial charge >= 0.3 is 11.9 Å². The maximum Gasteiger partial charge on any atom is 0.338 e. The molecule has 5 rings (SSSR count). The van der Waals surface area contributed by atoms with E-state index in [9.17, 15) is 44.7 Å². The molecule has 1 aromatic rings. The second kappa shape index (κ2) is 11.5. The van der Waals surface area contributed by atoms with Crippen LogP contribution in [0.5, 0.6) is 0 Å². The Morgan fingerprint density at radius 3 is 2.33 bits per heavy atom. The summed E-state index contributed by atoms with van der Waals surface area (Å²) in [6, 6.07) is 3.41. The number of esters is 2. The molecule has 0 aromatic carbocycles. The van der Waals surface area contributed by atoms with Crippen molar-refractivity contribution in [1.29, 1.82) is 0 Å². The van der Waals surface area contributed by atoms with Crippen molar-refractivity contribution in [2.75, 3.05) is 6.61 Å². The summed E-state index contributed by atoms with van der Waals surface area (Å²) < 4.78 is 17.1. The number of hydrogen-bond acceptors (Lipinski definition) is 13. The maximum atomic E-state index is 14.3. The summed E-state index contributed by atoms with van der Waals surface area (Å²) in [6.07, 6.45) is -8.52. The summed E-state index contributed by atoms with van der Waals surface area (Å²) in [6.45, 7) is 7.97. The monoisotopic (exact) mass is 646 g/mol. The van der Waals surface area contributed by atoms with Gasteiger partial charge in [0.05, 0.1) is 29.9 Å². The minimum absolute atomic E-state index is 0.0234. The van der Waals surface area contributed by atoms with Gasteiger partial charge in [0.1, 0.15) is 35.6 Å². The number of pyridine rings is 1. The van der Waals surface area contributed by atoms with Gasteiger partial charge in [-0.15, -0.1) is 0 Å². The zero-order valence-electron chi connectivity index (χ0n) is 26.6. The number of hydrogen-bond donors (Lipinski definition) is 6. The van der Waals surface area contributed by atoms with Gasteiger partial charge < -0.3 is 45.1 Å². The van der Waals surface area contributed by atoms with Crippen molar-refractivity contribution in [3.8, 4) is 0 Å². The third-order valence-corrected chi connectivity index (χ3v) is 10.8. The lowest BCUT2D eigenvalue weighted by molar-refractivity contribution is -0.345. The van der Waals surface area contributed by atoms with Crippen LogP contribution in [0.4, 0.5) is 0 Å². The Kier molecular flexibility index (Phi) is 8.49. The molecule has 1 aromatic heterocycles. The third kappa shape index (κ3) is 4.88.